The van der Waals surface area contributed by atoms with E-state index in [1.807, 2.05) is 0 Å². The first-order valence-electron chi connectivity index (χ1n) is 3.28. The van der Waals surface area contributed by atoms with Crippen LogP contribution in [0.15, 0.2) is 4.42 Å². The summed E-state index contributed by atoms with van der Waals surface area (Å²) in [5, 5.41) is 15.2. The van der Waals surface area contributed by atoms with Crippen molar-refractivity contribution in [1.82, 2.24) is 10.2 Å². The van der Waals surface area contributed by atoms with Crippen LogP contribution < -0.4 is 0 Å². The van der Waals surface area contributed by atoms with Crippen molar-refractivity contribution in [1.29, 1.82) is 0 Å². The molecule has 0 bridgehead atoms. The van der Waals surface area contributed by atoms with Crippen molar-refractivity contribution < 1.29 is 19.1 Å². The van der Waals surface area contributed by atoms with Gasteiger partial charge in [0.2, 0.25) is 5.89 Å². The first kappa shape index (κ1) is 8.66. The molecule has 0 amide bonds. The van der Waals surface area contributed by atoms with Gasteiger partial charge < -0.3 is 14.3 Å². The van der Waals surface area contributed by atoms with E-state index < -0.39 is 5.97 Å². The van der Waals surface area contributed by atoms with Gasteiger partial charge in [0.25, 0.3) is 0 Å². The third-order valence-corrected chi connectivity index (χ3v) is 1.17. The molecule has 0 radical (unpaired) electrons. The van der Waals surface area contributed by atoms with Gasteiger partial charge in [0.1, 0.15) is 0 Å². The second-order valence-corrected chi connectivity index (χ2v) is 2.05. The lowest BCUT2D eigenvalue weighted by atomic mass is 10.5. The molecule has 0 fully saturated rings. The van der Waals surface area contributed by atoms with E-state index in [0.29, 0.717) is 13.0 Å². The number of carboxylic acids is 1. The number of aromatic nitrogens is 2. The maximum atomic E-state index is 10.3. The predicted octanol–water partition coefficient (Wildman–Crippen LogP) is -0.0433. The molecule has 0 aliphatic rings. The number of hydrogen-bond acceptors (Lipinski definition) is 5. The van der Waals surface area contributed by atoms with Gasteiger partial charge in [0.15, 0.2) is 0 Å². The molecule has 66 valence electrons. The number of rotatable bonds is 4. The fourth-order valence-corrected chi connectivity index (χ4v) is 0.630. The minimum atomic E-state index is -1.22. The molecule has 0 aromatic carbocycles. The Balaban J connectivity index is 2.58. The monoisotopic (exact) mass is 172 g/mol. The molecule has 0 spiro atoms. The number of carboxylic acid groups (broad SMARTS) is 1. The molecule has 6 heteroatoms. The molecule has 0 atom stereocenters. The van der Waals surface area contributed by atoms with Gasteiger partial charge in [-0.25, -0.2) is 4.79 Å². The zero-order valence-corrected chi connectivity index (χ0v) is 6.48. The van der Waals surface area contributed by atoms with Crippen molar-refractivity contribution in [2.24, 2.45) is 0 Å². The van der Waals surface area contributed by atoms with E-state index >= 15 is 0 Å². The van der Waals surface area contributed by atoms with Crippen molar-refractivity contribution in [3.63, 3.8) is 0 Å². The number of methoxy groups -OCH3 is 1. The SMILES string of the molecule is COCCc1nnc(C(=O)O)o1. The third-order valence-electron chi connectivity index (χ3n) is 1.17. The van der Waals surface area contributed by atoms with Crippen LogP contribution in [0.3, 0.4) is 0 Å². The fraction of sp³-hybridized carbons (Fsp3) is 0.500. The summed E-state index contributed by atoms with van der Waals surface area (Å²) in [5.41, 5.74) is 0. The average molecular weight is 172 g/mol. The summed E-state index contributed by atoms with van der Waals surface area (Å²) in [6.07, 6.45) is 0.427. The molecular weight excluding hydrogens is 164 g/mol. The van der Waals surface area contributed by atoms with Crippen molar-refractivity contribution in [3.05, 3.63) is 11.8 Å². The minimum absolute atomic E-state index is 0.272. The first-order chi connectivity index (χ1) is 5.74. The molecule has 0 aliphatic carbocycles. The Kier molecular flexibility index (Phi) is 2.76. The molecule has 12 heavy (non-hydrogen) atoms. The molecule has 0 saturated carbocycles. The van der Waals surface area contributed by atoms with Crippen molar-refractivity contribution in [2.75, 3.05) is 13.7 Å². The highest BCUT2D eigenvalue weighted by Crippen LogP contribution is 1.99. The molecule has 1 aromatic heterocycles. The molecule has 6 nitrogen and oxygen atoms in total. The minimum Gasteiger partial charge on any atom is -0.474 e. The highest BCUT2D eigenvalue weighted by atomic mass is 16.5. The lowest BCUT2D eigenvalue weighted by Crippen LogP contribution is -1.95. The Morgan fingerprint density at radius 2 is 2.42 bits per heavy atom. The van der Waals surface area contributed by atoms with Crippen LogP contribution in [-0.2, 0) is 11.2 Å². The maximum absolute atomic E-state index is 10.3. The van der Waals surface area contributed by atoms with Gasteiger partial charge in [0.05, 0.1) is 6.61 Å². The van der Waals surface area contributed by atoms with Crippen LogP contribution in [0.2, 0.25) is 0 Å². The van der Waals surface area contributed by atoms with Crippen LogP contribution in [0.1, 0.15) is 16.6 Å². The molecule has 1 rings (SSSR count). The standard InChI is InChI=1S/C6H8N2O4/c1-11-3-2-4-7-8-5(12-4)6(9)10/h2-3H2,1H3,(H,9,10). The summed E-state index contributed by atoms with van der Waals surface area (Å²) < 4.78 is 9.49. The Morgan fingerprint density at radius 3 is 2.92 bits per heavy atom. The second-order valence-electron chi connectivity index (χ2n) is 2.05. The summed E-state index contributed by atoms with van der Waals surface area (Å²) in [6.45, 7) is 0.432. The number of aromatic carboxylic acids is 1. The van der Waals surface area contributed by atoms with E-state index in [0.717, 1.165) is 0 Å². The van der Waals surface area contributed by atoms with E-state index in [9.17, 15) is 4.79 Å². The Morgan fingerprint density at radius 1 is 1.67 bits per heavy atom. The first-order valence-corrected chi connectivity index (χ1v) is 3.28. The van der Waals surface area contributed by atoms with E-state index in [4.69, 9.17) is 14.3 Å². The molecule has 1 heterocycles. The molecule has 0 aliphatic heterocycles. The van der Waals surface area contributed by atoms with Gasteiger partial charge in [-0.05, 0) is 0 Å². The van der Waals surface area contributed by atoms with Crippen LogP contribution in [-0.4, -0.2) is 35.0 Å². The molecule has 0 saturated heterocycles. The van der Waals surface area contributed by atoms with Crippen LogP contribution in [0.25, 0.3) is 0 Å². The normalized spacial score (nSPS) is 10.1. The summed E-state index contributed by atoms with van der Waals surface area (Å²) in [5.74, 6) is -1.33. The second kappa shape index (κ2) is 3.82. The van der Waals surface area contributed by atoms with Crippen molar-refractivity contribution >= 4 is 5.97 Å². The average Bonchev–Trinajstić information content (AvgIpc) is 2.48. The molecule has 1 aromatic rings. The molecular formula is C6H8N2O4. The van der Waals surface area contributed by atoms with Crippen LogP contribution in [0.4, 0.5) is 0 Å². The van der Waals surface area contributed by atoms with Crippen molar-refractivity contribution in [3.8, 4) is 0 Å². The maximum Gasteiger partial charge on any atom is 0.393 e. The van der Waals surface area contributed by atoms with Gasteiger partial charge in [-0.2, -0.15) is 0 Å². The number of carbonyl (C=O) groups is 1. The Labute approximate surface area is 68.2 Å². The molecule has 1 N–H and O–H groups in total. The highest BCUT2D eigenvalue weighted by molar-refractivity contribution is 5.81. The summed E-state index contributed by atoms with van der Waals surface area (Å²) in [4.78, 5) is 10.3. The summed E-state index contributed by atoms with van der Waals surface area (Å²) in [7, 11) is 1.54. The van der Waals surface area contributed by atoms with Gasteiger partial charge in [-0.15, -0.1) is 10.2 Å². The third kappa shape index (κ3) is 2.03. The van der Waals surface area contributed by atoms with Crippen LogP contribution in [0, 0.1) is 0 Å². The van der Waals surface area contributed by atoms with E-state index in [2.05, 4.69) is 10.2 Å². The fourth-order valence-electron chi connectivity index (χ4n) is 0.630. The lowest BCUT2D eigenvalue weighted by molar-refractivity contribution is 0.0650. The Hall–Kier alpha value is -1.43. The lowest BCUT2D eigenvalue weighted by Gasteiger charge is -1.90. The van der Waals surface area contributed by atoms with Gasteiger partial charge in [-0.1, -0.05) is 0 Å². The van der Waals surface area contributed by atoms with E-state index in [1.54, 1.807) is 0 Å². The zero-order chi connectivity index (χ0) is 8.97. The highest BCUT2D eigenvalue weighted by Gasteiger charge is 2.11. The number of nitrogens with zero attached hydrogens (tertiary/aromatic N) is 2. The zero-order valence-electron chi connectivity index (χ0n) is 6.48. The van der Waals surface area contributed by atoms with Crippen LogP contribution >= 0.6 is 0 Å². The van der Waals surface area contributed by atoms with Crippen molar-refractivity contribution in [2.45, 2.75) is 6.42 Å². The summed E-state index contributed by atoms with van der Waals surface area (Å²) >= 11 is 0. The van der Waals surface area contributed by atoms with Crippen LogP contribution in [0.5, 0.6) is 0 Å². The van der Waals surface area contributed by atoms with Gasteiger partial charge in [0, 0.05) is 13.5 Å². The number of ether oxygens (including phenoxy) is 1. The number of hydrogen-bond donors (Lipinski definition) is 1. The van der Waals surface area contributed by atoms with E-state index in [-0.39, 0.29) is 11.8 Å². The summed E-state index contributed by atoms with van der Waals surface area (Å²) in [6, 6.07) is 0. The van der Waals surface area contributed by atoms with Gasteiger partial charge >= 0.3 is 11.9 Å². The van der Waals surface area contributed by atoms with Gasteiger partial charge in [-0.3, -0.25) is 0 Å². The molecule has 0 unspecified atom stereocenters. The quantitative estimate of drug-likeness (QED) is 0.685. The smallest absolute Gasteiger partial charge is 0.393 e. The topological polar surface area (TPSA) is 85.5 Å². The Bertz CT molecular complexity index is 270. The largest absolute Gasteiger partial charge is 0.474 e. The van der Waals surface area contributed by atoms with E-state index in [1.165, 1.54) is 7.11 Å². The predicted molar refractivity (Wildman–Crippen MR) is 36.8 cm³/mol.